The van der Waals surface area contributed by atoms with Crippen LogP contribution in [0, 0.1) is 18.8 Å². The van der Waals surface area contributed by atoms with Crippen LogP contribution in [0.5, 0.6) is 0 Å². The van der Waals surface area contributed by atoms with Crippen molar-refractivity contribution < 1.29 is 9.21 Å². The van der Waals surface area contributed by atoms with E-state index >= 15 is 0 Å². The maximum absolute atomic E-state index is 13.6. The van der Waals surface area contributed by atoms with Gasteiger partial charge in [-0.1, -0.05) is 37.3 Å². The Kier molecular flexibility index (Phi) is 5.75. The molecule has 2 fully saturated rings. The maximum Gasteiger partial charge on any atom is 0.257 e. The first kappa shape index (κ1) is 22.8. The molecule has 0 N–H and O–H groups in total. The van der Waals surface area contributed by atoms with Gasteiger partial charge in [-0.3, -0.25) is 14.2 Å². The van der Waals surface area contributed by atoms with E-state index in [-0.39, 0.29) is 17.4 Å². The molecule has 0 bridgehead atoms. The van der Waals surface area contributed by atoms with Gasteiger partial charge in [0.05, 0.1) is 6.26 Å². The minimum absolute atomic E-state index is 0.0430. The minimum Gasteiger partial charge on any atom is -0.464 e. The van der Waals surface area contributed by atoms with Gasteiger partial charge in [-0.25, -0.2) is 4.98 Å². The van der Waals surface area contributed by atoms with Crippen molar-refractivity contribution in [1.82, 2.24) is 14.5 Å². The first-order valence-corrected chi connectivity index (χ1v) is 13.0. The number of carbonyl (C=O) groups excluding carboxylic acids is 1. The number of rotatable bonds is 6. The lowest BCUT2D eigenvalue weighted by Crippen LogP contribution is -2.33. The van der Waals surface area contributed by atoms with Crippen LogP contribution >= 0.6 is 0 Å². The van der Waals surface area contributed by atoms with E-state index in [9.17, 15) is 9.59 Å². The lowest BCUT2D eigenvalue weighted by Gasteiger charge is -2.20. The quantitative estimate of drug-likeness (QED) is 0.367. The Hall–Kier alpha value is -3.67. The number of carbonyl (C=O) groups is 1. The lowest BCUT2D eigenvalue weighted by atomic mass is 10.0. The van der Waals surface area contributed by atoms with Gasteiger partial charge in [0.2, 0.25) is 5.91 Å². The monoisotopic (exact) mass is 481 g/mol. The van der Waals surface area contributed by atoms with Crippen LogP contribution in [0.25, 0.3) is 33.5 Å². The Morgan fingerprint density at radius 1 is 1.03 bits per heavy atom. The molecule has 2 aliphatic rings. The average Bonchev–Trinajstić information content (AvgIpc) is 3.45. The number of likely N-dealkylation sites (tertiary alicyclic amines) is 1. The van der Waals surface area contributed by atoms with E-state index in [2.05, 4.69) is 36.4 Å². The molecule has 0 radical (unpaired) electrons. The summed E-state index contributed by atoms with van der Waals surface area (Å²) in [4.78, 5) is 33.0. The number of benzene rings is 2. The molecule has 1 saturated heterocycles. The molecule has 0 spiro atoms. The Labute approximate surface area is 210 Å². The number of fused-ring (bicyclic) bond motifs is 1. The van der Waals surface area contributed by atoms with Gasteiger partial charge in [-0.2, -0.15) is 0 Å². The predicted octanol–water partition coefficient (Wildman–Crippen LogP) is 5.45. The summed E-state index contributed by atoms with van der Waals surface area (Å²) in [5, 5.41) is 1.07. The van der Waals surface area contributed by atoms with Crippen LogP contribution in [0.3, 0.4) is 0 Å². The number of furan rings is 1. The molecule has 184 valence electrons. The SMILES string of the molecule is CCc1c(C)nc(-c2ccc(-c3ccc4occc4c3)cc2)n(C[C@@H]2CCN(C(=O)C3CC3)C2)c1=O. The van der Waals surface area contributed by atoms with Gasteiger partial charge in [-0.05, 0) is 67.9 Å². The molecule has 6 nitrogen and oxygen atoms in total. The van der Waals surface area contributed by atoms with Crippen molar-refractivity contribution >= 4 is 16.9 Å². The summed E-state index contributed by atoms with van der Waals surface area (Å²) in [5.41, 5.74) is 5.62. The van der Waals surface area contributed by atoms with Crippen LogP contribution in [0.15, 0.2) is 64.0 Å². The highest BCUT2D eigenvalue weighted by Crippen LogP contribution is 2.33. The zero-order valence-corrected chi connectivity index (χ0v) is 20.9. The Morgan fingerprint density at radius 2 is 1.78 bits per heavy atom. The van der Waals surface area contributed by atoms with Crippen molar-refractivity contribution in [2.75, 3.05) is 13.1 Å². The van der Waals surface area contributed by atoms with Gasteiger partial charge >= 0.3 is 0 Å². The number of aromatic nitrogens is 2. The molecule has 1 atom stereocenters. The normalized spacial score (nSPS) is 17.7. The molecule has 3 heterocycles. The van der Waals surface area contributed by atoms with Gasteiger partial charge < -0.3 is 9.32 Å². The first-order valence-electron chi connectivity index (χ1n) is 13.0. The summed E-state index contributed by atoms with van der Waals surface area (Å²) in [5.74, 6) is 1.51. The van der Waals surface area contributed by atoms with Crippen LogP contribution in [-0.4, -0.2) is 33.4 Å². The first-order chi connectivity index (χ1) is 17.5. The number of amides is 1. The average molecular weight is 482 g/mol. The zero-order chi connectivity index (χ0) is 24.8. The van der Waals surface area contributed by atoms with Gasteiger partial charge in [-0.15, -0.1) is 0 Å². The fourth-order valence-electron chi connectivity index (χ4n) is 5.48. The van der Waals surface area contributed by atoms with E-state index in [0.717, 1.165) is 71.3 Å². The van der Waals surface area contributed by atoms with Crippen LogP contribution < -0.4 is 5.56 Å². The summed E-state index contributed by atoms with van der Waals surface area (Å²) < 4.78 is 7.32. The van der Waals surface area contributed by atoms with E-state index in [1.807, 2.05) is 35.4 Å². The Bertz CT molecular complexity index is 1490. The lowest BCUT2D eigenvalue weighted by molar-refractivity contribution is -0.131. The molecule has 1 saturated carbocycles. The van der Waals surface area contributed by atoms with Crippen molar-refractivity contribution in [2.45, 2.75) is 46.1 Å². The Balaban J connectivity index is 1.31. The topological polar surface area (TPSA) is 68.3 Å². The van der Waals surface area contributed by atoms with Gasteiger partial charge in [0, 0.05) is 47.8 Å². The molecule has 6 rings (SSSR count). The summed E-state index contributed by atoms with van der Waals surface area (Å²) in [6, 6.07) is 16.4. The smallest absolute Gasteiger partial charge is 0.257 e. The number of hydrogen-bond acceptors (Lipinski definition) is 4. The van der Waals surface area contributed by atoms with Crippen molar-refractivity contribution in [1.29, 1.82) is 0 Å². The third kappa shape index (κ3) is 4.15. The largest absolute Gasteiger partial charge is 0.464 e. The van der Waals surface area contributed by atoms with Crippen molar-refractivity contribution in [2.24, 2.45) is 11.8 Å². The van der Waals surface area contributed by atoms with E-state index in [4.69, 9.17) is 9.40 Å². The highest BCUT2D eigenvalue weighted by molar-refractivity contribution is 5.84. The molecule has 2 aromatic heterocycles. The third-order valence-corrected chi connectivity index (χ3v) is 7.72. The van der Waals surface area contributed by atoms with Gasteiger partial charge in [0.1, 0.15) is 11.4 Å². The molecular formula is C30H31N3O3. The standard InChI is InChI=1S/C30H31N3O3/c1-3-26-19(2)31-28(33(30(26)35)18-20-12-14-32(17-20)29(34)23-8-9-23)22-6-4-21(5-7-22)24-10-11-27-25(16-24)13-15-36-27/h4-7,10-11,13,15-16,20,23H,3,8-9,12,14,17-18H2,1-2H3/t20-/m1/s1. The number of aryl methyl sites for hydroxylation is 1. The summed E-state index contributed by atoms with van der Waals surface area (Å²) in [7, 11) is 0. The molecule has 1 amide bonds. The minimum atomic E-state index is 0.0430. The predicted molar refractivity (Wildman–Crippen MR) is 141 cm³/mol. The second kappa shape index (κ2) is 9.08. The van der Waals surface area contributed by atoms with Crippen molar-refractivity contribution in [3.63, 3.8) is 0 Å². The third-order valence-electron chi connectivity index (χ3n) is 7.72. The van der Waals surface area contributed by atoms with Crippen LogP contribution in [0.4, 0.5) is 0 Å². The molecule has 36 heavy (non-hydrogen) atoms. The van der Waals surface area contributed by atoms with Crippen LogP contribution in [0.2, 0.25) is 0 Å². The summed E-state index contributed by atoms with van der Waals surface area (Å²) in [6.45, 7) is 6.04. The molecule has 4 aromatic rings. The van der Waals surface area contributed by atoms with Gasteiger partial charge in [0.25, 0.3) is 5.56 Å². The van der Waals surface area contributed by atoms with E-state index in [1.54, 1.807) is 6.26 Å². The summed E-state index contributed by atoms with van der Waals surface area (Å²) >= 11 is 0. The molecule has 6 heteroatoms. The highest BCUT2D eigenvalue weighted by atomic mass is 16.3. The van der Waals surface area contributed by atoms with Gasteiger partial charge in [0.15, 0.2) is 0 Å². The van der Waals surface area contributed by atoms with Crippen LogP contribution in [0.1, 0.15) is 37.4 Å². The fraction of sp³-hybridized carbons (Fsp3) is 0.367. The number of hydrogen-bond donors (Lipinski definition) is 0. The second-order valence-electron chi connectivity index (χ2n) is 10.2. The molecule has 1 aliphatic carbocycles. The Morgan fingerprint density at radius 3 is 2.53 bits per heavy atom. The fourth-order valence-corrected chi connectivity index (χ4v) is 5.48. The second-order valence-corrected chi connectivity index (χ2v) is 10.2. The van der Waals surface area contributed by atoms with E-state index < -0.39 is 0 Å². The van der Waals surface area contributed by atoms with Crippen molar-refractivity contribution in [3.05, 3.63) is 76.4 Å². The highest BCUT2D eigenvalue weighted by Gasteiger charge is 2.36. The number of nitrogens with zero attached hydrogens (tertiary/aromatic N) is 3. The molecule has 0 unspecified atom stereocenters. The zero-order valence-electron chi connectivity index (χ0n) is 20.9. The molecule has 2 aromatic carbocycles. The maximum atomic E-state index is 13.6. The molecular weight excluding hydrogens is 450 g/mol. The summed E-state index contributed by atoms with van der Waals surface area (Å²) in [6.07, 6.45) is 5.34. The van der Waals surface area contributed by atoms with E-state index in [1.165, 1.54) is 0 Å². The van der Waals surface area contributed by atoms with Crippen molar-refractivity contribution in [3.8, 4) is 22.5 Å². The molecule has 1 aliphatic heterocycles. The van der Waals surface area contributed by atoms with E-state index in [0.29, 0.717) is 24.7 Å². The van der Waals surface area contributed by atoms with Crippen LogP contribution in [-0.2, 0) is 17.8 Å².